The van der Waals surface area contributed by atoms with Gasteiger partial charge in [-0.2, -0.15) is 0 Å². The molecule has 0 saturated carbocycles. The van der Waals surface area contributed by atoms with E-state index in [0.29, 0.717) is 41.2 Å². The van der Waals surface area contributed by atoms with Crippen LogP contribution in [0.25, 0.3) is 22.0 Å². The Hall–Kier alpha value is -4.69. The number of phenolic OH excluding ortho intramolecular Hbond substituents is 1. The van der Waals surface area contributed by atoms with Crippen molar-refractivity contribution >= 4 is 22.5 Å². The van der Waals surface area contributed by atoms with Gasteiger partial charge in [-0.05, 0) is 96.4 Å². The molecular formula is C34H32F2N4O2. The summed E-state index contributed by atoms with van der Waals surface area (Å²) in [6.45, 7) is 3.30. The van der Waals surface area contributed by atoms with Crippen LogP contribution in [0.1, 0.15) is 46.1 Å². The molecule has 42 heavy (non-hydrogen) atoms. The summed E-state index contributed by atoms with van der Waals surface area (Å²) in [7, 11) is 0. The third kappa shape index (κ3) is 5.58. The van der Waals surface area contributed by atoms with Crippen molar-refractivity contribution in [1.29, 1.82) is 0 Å². The number of H-pyrrole nitrogens is 1. The summed E-state index contributed by atoms with van der Waals surface area (Å²) >= 11 is 0. The van der Waals surface area contributed by atoms with Gasteiger partial charge in [-0.15, -0.1) is 0 Å². The molecule has 0 aliphatic carbocycles. The van der Waals surface area contributed by atoms with Gasteiger partial charge in [0, 0.05) is 41.5 Å². The number of nitrogens with one attached hydrogen (secondary N) is 2. The molecule has 1 saturated heterocycles. The number of amides is 1. The Bertz CT molecular complexity index is 1740. The van der Waals surface area contributed by atoms with Gasteiger partial charge in [0.05, 0.1) is 11.7 Å². The fraction of sp³-hybridized carbons (Fsp3) is 0.206. The zero-order valence-corrected chi connectivity index (χ0v) is 23.2. The number of halogens is 2. The Morgan fingerprint density at radius 2 is 1.76 bits per heavy atom. The molecule has 214 valence electrons. The van der Waals surface area contributed by atoms with Crippen molar-refractivity contribution < 1.29 is 18.7 Å². The third-order valence-corrected chi connectivity index (χ3v) is 7.94. The summed E-state index contributed by atoms with van der Waals surface area (Å²) < 4.78 is 29.6. The number of rotatable bonds is 6. The maximum Gasteiger partial charge on any atom is 0.252 e. The number of hydrogen-bond acceptors (Lipinski definition) is 4. The van der Waals surface area contributed by atoms with Crippen LogP contribution < -0.4 is 16.0 Å². The molecule has 1 aliphatic heterocycles. The molecule has 1 fully saturated rings. The predicted octanol–water partition coefficient (Wildman–Crippen LogP) is 6.57. The molecular weight excluding hydrogens is 534 g/mol. The summed E-state index contributed by atoms with van der Waals surface area (Å²) in [6, 6.07) is 22.9. The van der Waals surface area contributed by atoms with E-state index in [1.165, 1.54) is 24.3 Å². The second kappa shape index (κ2) is 11.3. The second-order valence-corrected chi connectivity index (χ2v) is 11.0. The van der Waals surface area contributed by atoms with Gasteiger partial charge < -0.3 is 26.0 Å². The van der Waals surface area contributed by atoms with Crippen LogP contribution in [0.3, 0.4) is 0 Å². The van der Waals surface area contributed by atoms with Gasteiger partial charge >= 0.3 is 0 Å². The maximum atomic E-state index is 15.3. The van der Waals surface area contributed by atoms with Gasteiger partial charge in [0.15, 0.2) is 0 Å². The number of nitrogens with zero attached hydrogens (tertiary/aromatic N) is 1. The fourth-order valence-corrected chi connectivity index (χ4v) is 5.71. The number of phenols is 1. The fourth-order valence-electron chi connectivity index (χ4n) is 5.71. The minimum atomic E-state index is -0.862. The van der Waals surface area contributed by atoms with Crippen molar-refractivity contribution in [2.75, 3.05) is 18.0 Å². The average Bonchev–Trinajstić information content (AvgIpc) is 3.41. The van der Waals surface area contributed by atoms with Gasteiger partial charge in [0.1, 0.15) is 17.4 Å². The van der Waals surface area contributed by atoms with Crippen LogP contribution in [0.2, 0.25) is 0 Å². The topological polar surface area (TPSA) is 94.4 Å². The molecule has 0 radical (unpaired) electrons. The number of piperidine rings is 1. The van der Waals surface area contributed by atoms with E-state index in [1.54, 1.807) is 18.2 Å². The summed E-state index contributed by atoms with van der Waals surface area (Å²) in [5.74, 6) is -1.42. The maximum absolute atomic E-state index is 15.3. The van der Waals surface area contributed by atoms with Gasteiger partial charge in [-0.25, -0.2) is 8.78 Å². The Balaban J connectivity index is 1.32. The summed E-state index contributed by atoms with van der Waals surface area (Å²) in [5.41, 5.74) is 10.7. The quantitative estimate of drug-likeness (QED) is 0.187. The normalized spacial score (nSPS) is 14.7. The molecule has 4 aromatic carbocycles. The largest absolute Gasteiger partial charge is 0.508 e. The number of para-hydroxylation sites is 1. The molecule has 8 heteroatoms. The monoisotopic (exact) mass is 566 g/mol. The summed E-state index contributed by atoms with van der Waals surface area (Å²) in [6.07, 6.45) is 1.65. The number of carbonyl (C=O) groups is 1. The molecule has 6 nitrogen and oxygen atoms in total. The Morgan fingerprint density at radius 3 is 2.52 bits per heavy atom. The molecule has 1 atom stereocenters. The number of hydrogen-bond donors (Lipinski definition) is 4. The van der Waals surface area contributed by atoms with Crippen molar-refractivity contribution in [3.8, 4) is 16.9 Å². The van der Waals surface area contributed by atoms with Gasteiger partial charge in [0.25, 0.3) is 5.91 Å². The van der Waals surface area contributed by atoms with E-state index >= 15 is 4.39 Å². The number of aromatic amines is 1. The second-order valence-electron chi connectivity index (χ2n) is 11.0. The highest BCUT2D eigenvalue weighted by Gasteiger charge is 2.24. The molecule has 5 N–H and O–H groups in total. The number of aryl methyl sites for hydroxylation is 1. The Kier molecular flexibility index (Phi) is 7.39. The van der Waals surface area contributed by atoms with Crippen molar-refractivity contribution in [3.05, 3.63) is 119 Å². The zero-order valence-electron chi connectivity index (χ0n) is 23.2. The third-order valence-electron chi connectivity index (χ3n) is 7.94. The number of nitrogens with two attached hydrogens (primary N) is 1. The van der Waals surface area contributed by atoms with Gasteiger partial charge in [0.2, 0.25) is 0 Å². The lowest BCUT2D eigenvalue weighted by atomic mass is 9.97. The molecule has 1 aromatic heterocycles. The van der Waals surface area contributed by atoms with Crippen molar-refractivity contribution in [2.45, 2.75) is 31.8 Å². The molecule has 2 heterocycles. The predicted molar refractivity (Wildman–Crippen MR) is 162 cm³/mol. The summed E-state index contributed by atoms with van der Waals surface area (Å²) in [5, 5.41) is 14.5. The first-order valence-corrected chi connectivity index (χ1v) is 14.0. The number of fused-ring (bicyclic) bond motifs is 1. The van der Waals surface area contributed by atoms with Crippen LogP contribution in [-0.2, 0) is 0 Å². The molecule has 1 amide bonds. The highest BCUT2D eigenvalue weighted by molar-refractivity contribution is 5.96. The molecule has 6 rings (SSSR count). The van der Waals surface area contributed by atoms with Crippen molar-refractivity contribution in [2.24, 2.45) is 5.73 Å². The molecule has 1 aliphatic rings. The first-order chi connectivity index (χ1) is 20.2. The Labute approximate surface area is 242 Å². The van der Waals surface area contributed by atoms with E-state index in [-0.39, 0.29) is 23.2 Å². The van der Waals surface area contributed by atoms with Crippen molar-refractivity contribution in [3.63, 3.8) is 0 Å². The van der Waals surface area contributed by atoms with Crippen LogP contribution in [0.5, 0.6) is 5.75 Å². The number of anilines is 1. The number of benzene rings is 4. The molecule has 0 spiro atoms. The van der Waals surface area contributed by atoms with E-state index in [0.717, 1.165) is 29.3 Å². The minimum Gasteiger partial charge on any atom is -0.508 e. The lowest BCUT2D eigenvalue weighted by molar-refractivity contribution is 0.0942. The van der Waals surface area contributed by atoms with E-state index in [4.69, 9.17) is 5.73 Å². The van der Waals surface area contributed by atoms with E-state index in [1.807, 2.05) is 54.3 Å². The van der Waals surface area contributed by atoms with Crippen molar-refractivity contribution in [1.82, 2.24) is 10.3 Å². The van der Waals surface area contributed by atoms with E-state index < -0.39 is 17.8 Å². The van der Waals surface area contributed by atoms with E-state index in [2.05, 4.69) is 10.3 Å². The van der Waals surface area contributed by atoms with Crippen LogP contribution in [0, 0.1) is 18.6 Å². The lowest BCUT2D eigenvalue weighted by Gasteiger charge is -2.32. The SMILES string of the molecule is Cc1cc(C(=O)N[C@@H](c2cc3ccccc3[nH]2)c2cc(F)ccc2O)cc(-c2ccc(N3CCC(N)CC3)c(F)c2)c1. The first kappa shape index (κ1) is 27.5. The van der Waals surface area contributed by atoms with Gasteiger partial charge in [-0.3, -0.25) is 4.79 Å². The number of carbonyl (C=O) groups excluding carboxylic acids is 1. The first-order valence-electron chi connectivity index (χ1n) is 14.0. The Morgan fingerprint density at radius 1 is 0.976 bits per heavy atom. The van der Waals surface area contributed by atoms with E-state index in [9.17, 15) is 14.3 Å². The van der Waals surface area contributed by atoms with Crippen LogP contribution in [0.4, 0.5) is 14.5 Å². The molecule has 0 bridgehead atoms. The molecule has 5 aromatic rings. The number of aromatic hydroxyl groups is 1. The van der Waals surface area contributed by atoms with Gasteiger partial charge in [-0.1, -0.05) is 30.3 Å². The lowest BCUT2D eigenvalue weighted by Crippen LogP contribution is -2.40. The standard InChI is InChI=1S/C34H32F2N4O2/c1-20-14-23(21-6-8-31(28(36)17-21)40-12-10-26(37)11-13-40)16-24(15-20)34(42)39-33(27-19-25(35)7-9-32(27)41)30-18-22-4-2-3-5-29(22)38-30/h2-9,14-19,26,33,38,41H,10-13,37H2,1H3,(H,39,42)/t33-/m1/s1. The summed E-state index contributed by atoms with van der Waals surface area (Å²) in [4.78, 5) is 19.0. The van der Waals surface area contributed by atoms with Crippen LogP contribution in [0.15, 0.2) is 84.9 Å². The molecule has 0 unspecified atom stereocenters. The minimum absolute atomic E-state index is 0.142. The highest BCUT2D eigenvalue weighted by atomic mass is 19.1. The average molecular weight is 567 g/mol. The highest BCUT2D eigenvalue weighted by Crippen LogP contribution is 2.33. The number of aromatic nitrogens is 1. The smallest absolute Gasteiger partial charge is 0.252 e. The van der Waals surface area contributed by atoms with Crippen LogP contribution >= 0.6 is 0 Å². The zero-order chi connectivity index (χ0) is 29.4. The van der Waals surface area contributed by atoms with Crippen LogP contribution in [-0.4, -0.2) is 35.1 Å².